The van der Waals surface area contributed by atoms with Crippen molar-refractivity contribution >= 4 is 35.3 Å². The van der Waals surface area contributed by atoms with Crippen molar-refractivity contribution in [1.82, 2.24) is 9.97 Å². The molecule has 1 aromatic heterocycles. The van der Waals surface area contributed by atoms with Gasteiger partial charge < -0.3 is 9.47 Å². The topological polar surface area (TPSA) is 68.6 Å². The molecule has 0 saturated heterocycles. The zero-order valence-corrected chi connectivity index (χ0v) is 16.1. The van der Waals surface area contributed by atoms with E-state index in [1.807, 2.05) is 30.5 Å². The fourth-order valence-corrected chi connectivity index (χ4v) is 2.94. The SMILES string of the molecule is COc1cc(OC)nc(SC(/C=N/Nc2ccccc2Cl)C(C)C)n1. The Morgan fingerprint density at radius 2 is 1.80 bits per heavy atom. The van der Waals surface area contributed by atoms with E-state index in [9.17, 15) is 0 Å². The van der Waals surface area contributed by atoms with Crippen LogP contribution < -0.4 is 14.9 Å². The molecule has 1 unspecified atom stereocenters. The maximum atomic E-state index is 6.11. The van der Waals surface area contributed by atoms with Crippen molar-refractivity contribution in [3.8, 4) is 11.8 Å². The summed E-state index contributed by atoms with van der Waals surface area (Å²) in [5.41, 5.74) is 3.72. The van der Waals surface area contributed by atoms with Crippen molar-refractivity contribution in [2.24, 2.45) is 11.0 Å². The lowest BCUT2D eigenvalue weighted by molar-refractivity contribution is 0.364. The van der Waals surface area contributed by atoms with Gasteiger partial charge in [0, 0.05) is 6.21 Å². The van der Waals surface area contributed by atoms with Gasteiger partial charge >= 0.3 is 0 Å². The molecule has 0 fully saturated rings. The molecule has 2 aromatic rings. The maximum Gasteiger partial charge on any atom is 0.220 e. The zero-order chi connectivity index (χ0) is 18.2. The van der Waals surface area contributed by atoms with Gasteiger partial charge in [-0.3, -0.25) is 5.43 Å². The van der Waals surface area contributed by atoms with Crippen LogP contribution in [0.2, 0.25) is 5.02 Å². The van der Waals surface area contributed by atoms with Gasteiger partial charge in [-0.25, -0.2) is 0 Å². The Morgan fingerprint density at radius 1 is 1.16 bits per heavy atom. The smallest absolute Gasteiger partial charge is 0.220 e. The predicted octanol–water partition coefficient (Wildman–Crippen LogP) is 4.36. The van der Waals surface area contributed by atoms with E-state index in [4.69, 9.17) is 21.1 Å². The molecule has 25 heavy (non-hydrogen) atoms. The predicted molar refractivity (Wildman–Crippen MR) is 103 cm³/mol. The zero-order valence-electron chi connectivity index (χ0n) is 14.6. The van der Waals surface area contributed by atoms with Crippen molar-refractivity contribution in [3.05, 3.63) is 35.4 Å². The highest BCUT2D eigenvalue weighted by atomic mass is 35.5. The highest BCUT2D eigenvalue weighted by molar-refractivity contribution is 8.00. The summed E-state index contributed by atoms with van der Waals surface area (Å²) in [6.45, 7) is 4.22. The monoisotopic (exact) mass is 380 g/mol. The van der Waals surface area contributed by atoms with E-state index in [1.165, 1.54) is 11.8 Å². The first-order valence-corrected chi connectivity index (χ1v) is 8.96. The van der Waals surface area contributed by atoms with Crippen molar-refractivity contribution in [2.75, 3.05) is 19.6 Å². The maximum absolute atomic E-state index is 6.11. The van der Waals surface area contributed by atoms with Crippen molar-refractivity contribution in [1.29, 1.82) is 0 Å². The summed E-state index contributed by atoms with van der Waals surface area (Å²) in [4.78, 5) is 8.70. The quantitative estimate of drug-likeness (QED) is 0.317. The van der Waals surface area contributed by atoms with Gasteiger partial charge in [0.15, 0.2) is 5.16 Å². The van der Waals surface area contributed by atoms with Gasteiger partial charge in [0.2, 0.25) is 11.8 Å². The minimum Gasteiger partial charge on any atom is -0.481 e. The minimum atomic E-state index is 0.0619. The Morgan fingerprint density at radius 3 is 2.36 bits per heavy atom. The Kier molecular flexibility index (Phi) is 7.33. The van der Waals surface area contributed by atoms with Crippen LogP contribution in [0.5, 0.6) is 11.8 Å². The largest absolute Gasteiger partial charge is 0.481 e. The van der Waals surface area contributed by atoms with E-state index >= 15 is 0 Å². The molecule has 1 aromatic carbocycles. The molecule has 1 N–H and O–H groups in total. The average Bonchev–Trinajstić information content (AvgIpc) is 2.61. The molecule has 1 heterocycles. The number of hydrazone groups is 1. The molecule has 134 valence electrons. The van der Waals surface area contributed by atoms with Crippen molar-refractivity contribution in [3.63, 3.8) is 0 Å². The number of para-hydroxylation sites is 1. The first kappa shape index (κ1) is 19.3. The molecule has 0 amide bonds. The molecule has 1 atom stereocenters. The summed E-state index contributed by atoms with van der Waals surface area (Å²) in [5, 5.41) is 5.56. The van der Waals surface area contributed by atoms with Gasteiger partial charge in [0.25, 0.3) is 0 Å². The highest BCUT2D eigenvalue weighted by Crippen LogP contribution is 2.28. The summed E-state index contributed by atoms with van der Waals surface area (Å²) < 4.78 is 10.4. The molecule has 0 saturated carbocycles. The first-order valence-electron chi connectivity index (χ1n) is 7.71. The van der Waals surface area contributed by atoms with E-state index in [2.05, 4.69) is 34.3 Å². The van der Waals surface area contributed by atoms with Crippen LogP contribution >= 0.6 is 23.4 Å². The van der Waals surface area contributed by atoms with E-state index in [0.717, 1.165) is 5.69 Å². The highest BCUT2D eigenvalue weighted by Gasteiger charge is 2.16. The summed E-state index contributed by atoms with van der Waals surface area (Å²) in [6, 6.07) is 9.09. The summed E-state index contributed by atoms with van der Waals surface area (Å²) in [6.07, 6.45) is 1.83. The van der Waals surface area contributed by atoms with Gasteiger partial charge in [-0.15, -0.1) is 0 Å². The van der Waals surface area contributed by atoms with Gasteiger partial charge in [-0.1, -0.05) is 49.3 Å². The molecular formula is C17H21ClN4O2S. The second kappa shape index (κ2) is 9.48. The standard InChI is InChI=1S/C17H21ClN4O2S/c1-11(2)14(10-19-22-13-8-6-5-7-12(13)18)25-17-20-15(23-3)9-16(21-17)24-4/h5-11,14,22H,1-4H3/b19-10+. The molecule has 8 heteroatoms. The number of methoxy groups -OCH3 is 2. The Hall–Kier alpha value is -1.99. The number of aromatic nitrogens is 2. The second-order valence-corrected chi connectivity index (χ2v) is 6.98. The van der Waals surface area contributed by atoms with E-state index in [0.29, 0.717) is 27.9 Å². The normalized spacial score (nSPS) is 12.4. The third kappa shape index (κ3) is 5.79. The van der Waals surface area contributed by atoms with Crippen LogP contribution in [0.1, 0.15) is 13.8 Å². The van der Waals surface area contributed by atoms with Crippen LogP contribution in [0.15, 0.2) is 40.6 Å². The van der Waals surface area contributed by atoms with Gasteiger partial charge in [0.1, 0.15) is 0 Å². The van der Waals surface area contributed by atoms with Crippen molar-refractivity contribution < 1.29 is 9.47 Å². The Labute approximate surface area is 157 Å². The van der Waals surface area contributed by atoms with Crippen LogP contribution in [-0.2, 0) is 0 Å². The van der Waals surface area contributed by atoms with Crippen LogP contribution in [0.25, 0.3) is 0 Å². The number of nitrogens with one attached hydrogen (secondary N) is 1. The molecule has 0 bridgehead atoms. The van der Waals surface area contributed by atoms with Gasteiger partial charge in [-0.05, 0) is 18.1 Å². The number of benzene rings is 1. The molecular weight excluding hydrogens is 360 g/mol. The van der Waals surface area contributed by atoms with Crippen LogP contribution in [0.3, 0.4) is 0 Å². The number of rotatable bonds is 8. The summed E-state index contributed by atoms with van der Waals surface area (Å²) in [5.74, 6) is 1.24. The summed E-state index contributed by atoms with van der Waals surface area (Å²) >= 11 is 7.60. The molecule has 6 nitrogen and oxygen atoms in total. The fourth-order valence-electron chi connectivity index (χ4n) is 1.84. The third-order valence-electron chi connectivity index (χ3n) is 3.26. The second-order valence-electron chi connectivity index (χ2n) is 5.43. The molecule has 2 rings (SSSR count). The van der Waals surface area contributed by atoms with E-state index < -0.39 is 0 Å². The van der Waals surface area contributed by atoms with E-state index in [1.54, 1.807) is 20.3 Å². The molecule has 0 aliphatic heterocycles. The third-order valence-corrected chi connectivity index (χ3v) is 4.92. The van der Waals surface area contributed by atoms with Crippen LogP contribution in [0.4, 0.5) is 5.69 Å². The van der Waals surface area contributed by atoms with Crippen LogP contribution in [-0.4, -0.2) is 35.7 Å². The minimum absolute atomic E-state index is 0.0619. The average molecular weight is 381 g/mol. The molecule has 0 aliphatic carbocycles. The van der Waals surface area contributed by atoms with Gasteiger partial charge in [-0.2, -0.15) is 15.1 Å². The number of halogens is 1. The Balaban J connectivity index is 2.11. The lowest BCUT2D eigenvalue weighted by Gasteiger charge is -2.15. The van der Waals surface area contributed by atoms with Crippen molar-refractivity contribution in [2.45, 2.75) is 24.3 Å². The number of thioether (sulfide) groups is 1. The van der Waals surface area contributed by atoms with E-state index in [-0.39, 0.29) is 5.25 Å². The number of ether oxygens (including phenoxy) is 2. The fraction of sp³-hybridized carbons (Fsp3) is 0.353. The Bertz CT molecular complexity index is 705. The number of hydrogen-bond acceptors (Lipinski definition) is 7. The number of anilines is 1. The number of hydrogen-bond donors (Lipinski definition) is 1. The molecule has 0 aliphatic rings. The summed E-state index contributed by atoms with van der Waals surface area (Å²) in [7, 11) is 3.12. The first-order chi connectivity index (χ1) is 12.0. The molecule has 0 radical (unpaired) electrons. The molecule has 0 spiro atoms. The van der Waals surface area contributed by atoms with Gasteiger partial charge in [0.05, 0.1) is 36.2 Å². The lowest BCUT2D eigenvalue weighted by Crippen LogP contribution is -2.14. The van der Waals surface area contributed by atoms with Crippen LogP contribution in [0, 0.1) is 5.92 Å². The lowest BCUT2D eigenvalue weighted by atomic mass is 10.1. The number of nitrogens with zero attached hydrogens (tertiary/aromatic N) is 3.